The number of carbonyl (C=O) groups excluding carboxylic acids is 1. The van der Waals surface area contributed by atoms with Crippen LogP contribution in [0.1, 0.15) is 28.7 Å². The van der Waals surface area contributed by atoms with Gasteiger partial charge in [0.05, 0.1) is 29.9 Å². The lowest BCUT2D eigenvalue weighted by Crippen LogP contribution is -2.34. The maximum Gasteiger partial charge on any atom is 0.255 e. The average molecular weight is 510 g/mol. The zero-order valence-corrected chi connectivity index (χ0v) is 20.5. The minimum atomic E-state index is -0.628. The third-order valence-corrected chi connectivity index (χ3v) is 5.56. The van der Waals surface area contributed by atoms with Crippen LogP contribution >= 0.6 is 0 Å². The molecule has 10 nitrogen and oxygen atoms in total. The molecule has 4 rings (SSSR count). The van der Waals surface area contributed by atoms with Gasteiger partial charge in [-0.15, -0.1) is 0 Å². The van der Waals surface area contributed by atoms with E-state index < -0.39 is 18.6 Å². The molecule has 0 aliphatic rings. The molecule has 4 aromatic rings. The number of aromatic nitrogens is 6. The van der Waals surface area contributed by atoms with Crippen LogP contribution in [0.4, 0.5) is 10.2 Å². The molecule has 0 saturated carbocycles. The maximum absolute atomic E-state index is 13.1. The fraction of sp³-hybridized carbons (Fsp3) is 0.148. The van der Waals surface area contributed by atoms with Gasteiger partial charge in [-0.3, -0.25) is 9.89 Å². The van der Waals surface area contributed by atoms with E-state index in [1.165, 1.54) is 18.3 Å². The number of carbonyl (C=O) groups is 1. The van der Waals surface area contributed by atoms with E-state index in [1.807, 2.05) is 12.1 Å². The molecule has 0 spiro atoms. The second-order valence-electron chi connectivity index (χ2n) is 8.16. The molecule has 0 unspecified atom stereocenters. The molecular weight excluding hydrogens is 485 g/mol. The number of hydrogen-bond acceptors (Lipinski definition) is 8. The number of aromatic amines is 1. The quantitative estimate of drug-likeness (QED) is 0.272. The summed E-state index contributed by atoms with van der Waals surface area (Å²) in [6.07, 6.45) is 14.3. The standard InChI is InChI=1S/C27H24FN9O/c1-3-5-19(6-4-7-28)17(2)36-27(38)23-8-18(10-29)11-32-26(23)34-16-24-30-13-22(14-31-24)20-9-21-15-35-37-25(21)33-12-20/h3-6,8-9,11-15,17H,1,7,16H2,2H3,(H,32,34)(H,36,38)(H,33,35,37)/b6-4-,19-5+/t17-/m0/s1. The van der Waals surface area contributed by atoms with Crippen LogP contribution in [0.25, 0.3) is 22.2 Å². The van der Waals surface area contributed by atoms with E-state index in [1.54, 1.807) is 49.9 Å². The van der Waals surface area contributed by atoms with Crippen molar-refractivity contribution in [1.29, 1.82) is 5.26 Å². The summed E-state index contributed by atoms with van der Waals surface area (Å²) in [6, 6.07) is 4.94. The van der Waals surface area contributed by atoms with Gasteiger partial charge < -0.3 is 10.6 Å². The molecule has 0 aliphatic heterocycles. The number of nitrogens with zero attached hydrogens (tertiary/aromatic N) is 6. The van der Waals surface area contributed by atoms with Gasteiger partial charge in [0.2, 0.25) is 0 Å². The second-order valence-corrected chi connectivity index (χ2v) is 8.16. The highest BCUT2D eigenvalue weighted by Gasteiger charge is 2.18. The van der Waals surface area contributed by atoms with Crippen molar-refractivity contribution in [2.45, 2.75) is 19.5 Å². The Morgan fingerprint density at radius 2 is 1.95 bits per heavy atom. The first-order valence-electron chi connectivity index (χ1n) is 11.6. The van der Waals surface area contributed by atoms with Gasteiger partial charge in [0.1, 0.15) is 24.4 Å². The molecule has 0 aliphatic carbocycles. The smallest absolute Gasteiger partial charge is 0.255 e. The summed E-state index contributed by atoms with van der Waals surface area (Å²) in [7, 11) is 0. The Morgan fingerprint density at radius 1 is 1.16 bits per heavy atom. The summed E-state index contributed by atoms with van der Waals surface area (Å²) in [6.45, 7) is 4.98. The summed E-state index contributed by atoms with van der Waals surface area (Å²) >= 11 is 0. The van der Waals surface area contributed by atoms with Crippen LogP contribution in [-0.4, -0.2) is 48.8 Å². The summed E-state index contributed by atoms with van der Waals surface area (Å²) in [5, 5.41) is 22.9. The Balaban J connectivity index is 1.48. The predicted octanol–water partition coefficient (Wildman–Crippen LogP) is 4.05. The number of nitrogens with one attached hydrogen (secondary N) is 3. The van der Waals surface area contributed by atoms with Crippen molar-refractivity contribution in [3.63, 3.8) is 0 Å². The highest BCUT2D eigenvalue weighted by atomic mass is 19.1. The van der Waals surface area contributed by atoms with Crippen molar-refractivity contribution in [3.05, 3.63) is 96.5 Å². The molecule has 11 heteroatoms. The number of H-pyrrole nitrogens is 1. The van der Waals surface area contributed by atoms with E-state index in [0.717, 1.165) is 16.5 Å². The number of rotatable bonds is 10. The molecule has 0 fully saturated rings. The maximum atomic E-state index is 13.1. The number of allylic oxidation sites excluding steroid dienone is 3. The Kier molecular flexibility index (Phi) is 8.25. The molecule has 0 bridgehead atoms. The molecule has 0 saturated heterocycles. The number of pyridine rings is 2. The van der Waals surface area contributed by atoms with Gasteiger partial charge in [0.25, 0.3) is 5.91 Å². The second kappa shape index (κ2) is 12.1. The fourth-order valence-corrected chi connectivity index (χ4v) is 3.61. The minimum absolute atomic E-state index is 0.180. The number of hydrogen-bond donors (Lipinski definition) is 3. The highest BCUT2D eigenvalue weighted by Crippen LogP contribution is 2.21. The highest BCUT2D eigenvalue weighted by molar-refractivity contribution is 5.99. The number of fused-ring (bicyclic) bond motifs is 1. The monoisotopic (exact) mass is 509 g/mol. The van der Waals surface area contributed by atoms with Crippen molar-refractivity contribution < 1.29 is 9.18 Å². The van der Waals surface area contributed by atoms with Gasteiger partial charge in [0, 0.05) is 41.3 Å². The topological polar surface area (TPSA) is 145 Å². The molecule has 190 valence electrons. The van der Waals surface area contributed by atoms with Crippen molar-refractivity contribution in [2.75, 3.05) is 12.0 Å². The first-order valence-corrected chi connectivity index (χ1v) is 11.6. The van der Waals surface area contributed by atoms with Crippen LogP contribution in [0.3, 0.4) is 0 Å². The van der Waals surface area contributed by atoms with Crippen LogP contribution < -0.4 is 10.6 Å². The number of amides is 1. The third-order valence-electron chi connectivity index (χ3n) is 5.56. The summed E-state index contributed by atoms with van der Waals surface area (Å²) < 4.78 is 12.6. The molecule has 4 heterocycles. The summed E-state index contributed by atoms with van der Waals surface area (Å²) in [4.78, 5) is 30.5. The normalized spacial score (nSPS) is 12.3. The molecule has 3 N–H and O–H groups in total. The van der Waals surface area contributed by atoms with Gasteiger partial charge in [-0.2, -0.15) is 10.4 Å². The Morgan fingerprint density at radius 3 is 2.68 bits per heavy atom. The Bertz CT molecular complexity index is 1550. The van der Waals surface area contributed by atoms with Crippen molar-refractivity contribution in [3.8, 4) is 17.2 Å². The Hall–Kier alpha value is -5.24. The zero-order chi connectivity index (χ0) is 26.9. The molecule has 4 aromatic heterocycles. The van der Waals surface area contributed by atoms with E-state index in [9.17, 15) is 14.4 Å². The third kappa shape index (κ3) is 6.11. The number of nitriles is 1. The summed E-state index contributed by atoms with van der Waals surface area (Å²) in [5.74, 6) is 0.292. The van der Waals surface area contributed by atoms with E-state index in [-0.39, 0.29) is 23.5 Å². The van der Waals surface area contributed by atoms with Crippen molar-refractivity contribution >= 4 is 22.8 Å². The van der Waals surface area contributed by atoms with E-state index in [4.69, 9.17) is 0 Å². The lowest BCUT2D eigenvalue weighted by molar-refractivity contribution is 0.0946. The van der Waals surface area contributed by atoms with Crippen LogP contribution in [0.5, 0.6) is 0 Å². The average Bonchev–Trinajstić information content (AvgIpc) is 3.42. The van der Waals surface area contributed by atoms with E-state index in [0.29, 0.717) is 17.0 Å². The number of halogens is 1. The predicted molar refractivity (Wildman–Crippen MR) is 142 cm³/mol. The number of alkyl halides is 1. The molecule has 38 heavy (non-hydrogen) atoms. The fourth-order valence-electron chi connectivity index (χ4n) is 3.61. The van der Waals surface area contributed by atoms with Gasteiger partial charge in [-0.1, -0.05) is 30.9 Å². The van der Waals surface area contributed by atoms with Crippen LogP contribution in [0, 0.1) is 11.3 Å². The number of anilines is 1. The molecule has 0 radical (unpaired) electrons. The lowest BCUT2D eigenvalue weighted by Gasteiger charge is -2.17. The van der Waals surface area contributed by atoms with Gasteiger partial charge in [-0.05, 0) is 24.6 Å². The first kappa shape index (κ1) is 25.8. The Labute approximate surface area is 218 Å². The molecule has 1 amide bonds. The van der Waals surface area contributed by atoms with E-state index in [2.05, 4.69) is 47.3 Å². The van der Waals surface area contributed by atoms with Crippen molar-refractivity contribution in [2.24, 2.45) is 0 Å². The van der Waals surface area contributed by atoms with E-state index >= 15 is 0 Å². The van der Waals surface area contributed by atoms with Crippen LogP contribution in [0.15, 0.2) is 79.6 Å². The van der Waals surface area contributed by atoms with Crippen LogP contribution in [0.2, 0.25) is 0 Å². The molecular formula is C27H24FN9O. The summed E-state index contributed by atoms with van der Waals surface area (Å²) in [5.41, 5.74) is 3.42. The molecule has 1 atom stereocenters. The largest absolute Gasteiger partial charge is 0.362 e. The lowest BCUT2D eigenvalue weighted by atomic mass is 10.1. The zero-order valence-electron chi connectivity index (χ0n) is 20.5. The van der Waals surface area contributed by atoms with Crippen LogP contribution in [-0.2, 0) is 6.54 Å². The minimum Gasteiger partial charge on any atom is -0.362 e. The van der Waals surface area contributed by atoms with Crippen molar-refractivity contribution in [1.82, 2.24) is 35.5 Å². The van der Waals surface area contributed by atoms with Gasteiger partial charge >= 0.3 is 0 Å². The first-order chi connectivity index (χ1) is 18.5. The van der Waals surface area contributed by atoms with Gasteiger partial charge in [0.15, 0.2) is 5.65 Å². The van der Waals surface area contributed by atoms with Gasteiger partial charge in [-0.25, -0.2) is 24.3 Å². The molecule has 0 aromatic carbocycles. The SMILES string of the molecule is C=C/C=C(\C=C/CF)[C@H](C)NC(=O)c1cc(C#N)cnc1NCc1ncc(-c2cnc3[nH]ncc3c2)cn1.